The zero-order chi connectivity index (χ0) is 23.0. The van der Waals surface area contributed by atoms with Crippen LogP contribution < -0.4 is 4.90 Å². The van der Waals surface area contributed by atoms with Crippen LogP contribution in [0.5, 0.6) is 0 Å². The van der Waals surface area contributed by atoms with E-state index in [4.69, 9.17) is 0 Å². The minimum absolute atomic E-state index is 0.0379. The van der Waals surface area contributed by atoms with Crippen LogP contribution in [0.2, 0.25) is 0 Å². The Morgan fingerprint density at radius 3 is 2.19 bits per heavy atom. The van der Waals surface area contributed by atoms with Crippen molar-refractivity contribution in [2.45, 2.75) is 44.6 Å². The van der Waals surface area contributed by atoms with Crippen LogP contribution in [0.3, 0.4) is 0 Å². The van der Waals surface area contributed by atoms with Crippen LogP contribution in [0.1, 0.15) is 29.5 Å². The summed E-state index contributed by atoms with van der Waals surface area (Å²) >= 11 is 0. The van der Waals surface area contributed by atoms with E-state index in [9.17, 15) is 18.0 Å². The summed E-state index contributed by atoms with van der Waals surface area (Å²) in [4.78, 5) is 29.8. The number of nitrogens with zero attached hydrogens (tertiary/aromatic N) is 3. The normalized spacial score (nSPS) is 19.5. The highest BCUT2D eigenvalue weighted by molar-refractivity contribution is 7.89. The van der Waals surface area contributed by atoms with Gasteiger partial charge in [0.05, 0.1) is 4.90 Å². The molecule has 1 atom stereocenters. The van der Waals surface area contributed by atoms with Gasteiger partial charge in [0.15, 0.2) is 0 Å². The van der Waals surface area contributed by atoms with Crippen LogP contribution in [0.15, 0.2) is 47.4 Å². The van der Waals surface area contributed by atoms with Crippen molar-refractivity contribution in [1.29, 1.82) is 0 Å². The van der Waals surface area contributed by atoms with Gasteiger partial charge in [0.25, 0.3) is 10.0 Å². The van der Waals surface area contributed by atoms with Crippen molar-refractivity contribution in [3.63, 3.8) is 0 Å². The van der Waals surface area contributed by atoms with Crippen LogP contribution in [0, 0.1) is 20.8 Å². The van der Waals surface area contributed by atoms with Crippen molar-refractivity contribution in [2.24, 2.45) is 0 Å². The molecule has 170 valence electrons. The van der Waals surface area contributed by atoms with E-state index in [1.807, 2.05) is 6.92 Å². The zero-order valence-electron chi connectivity index (χ0n) is 18.7. The Balaban J connectivity index is 1.50. The molecule has 2 aliphatic heterocycles. The average molecular weight is 456 g/mol. The van der Waals surface area contributed by atoms with Gasteiger partial charge in [0.2, 0.25) is 11.8 Å². The topological polar surface area (TPSA) is 78.0 Å². The van der Waals surface area contributed by atoms with Gasteiger partial charge < -0.3 is 9.80 Å². The van der Waals surface area contributed by atoms with E-state index < -0.39 is 22.0 Å². The standard InChI is InChI=1S/C24H29N3O4S/c1-17-5-8-20(9-6-17)32(30,31)27-21(10-11-23(27)28)24(29)26-14-12-25(13-15-26)22-16-18(2)4-7-19(22)3/h4-9,16,21H,10-15H2,1-3H3/t21-/m1/s1. The number of hydrogen-bond acceptors (Lipinski definition) is 5. The minimum atomic E-state index is -4.08. The molecular formula is C24H29N3O4S. The molecule has 32 heavy (non-hydrogen) atoms. The first-order valence-corrected chi connectivity index (χ1v) is 12.4. The van der Waals surface area contributed by atoms with Crippen molar-refractivity contribution in [1.82, 2.24) is 9.21 Å². The van der Waals surface area contributed by atoms with Crippen LogP contribution in [-0.4, -0.2) is 61.7 Å². The van der Waals surface area contributed by atoms with Crippen molar-refractivity contribution in [3.8, 4) is 0 Å². The molecule has 7 nitrogen and oxygen atoms in total. The number of carbonyl (C=O) groups is 2. The number of aryl methyl sites for hydroxylation is 3. The van der Waals surface area contributed by atoms with E-state index in [1.165, 1.54) is 23.3 Å². The summed E-state index contributed by atoms with van der Waals surface area (Å²) in [5, 5.41) is 0. The molecule has 0 aliphatic carbocycles. The third-order valence-corrected chi connectivity index (χ3v) is 8.16. The number of rotatable bonds is 4. The quantitative estimate of drug-likeness (QED) is 0.708. The number of sulfonamides is 1. The molecule has 8 heteroatoms. The largest absolute Gasteiger partial charge is 0.368 e. The van der Waals surface area contributed by atoms with Crippen LogP contribution in [-0.2, 0) is 19.6 Å². The van der Waals surface area contributed by atoms with E-state index in [0.717, 1.165) is 15.6 Å². The van der Waals surface area contributed by atoms with Gasteiger partial charge in [0, 0.05) is 38.3 Å². The highest BCUT2D eigenvalue weighted by Crippen LogP contribution is 2.29. The molecule has 0 saturated carbocycles. The number of benzene rings is 2. The Kier molecular flexibility index (Phi) is 5.99. The molecule has 2 fully saturated rings. The van der Waals surface area contributed by atoms with Crippen molar-refractivity contribution >= 4 is 27.5 Å². The maximum atomic E-state index is 13.3. The van der Waals surface area contributed by atoms with Gasteiger partial charge in [-0.2, -0.15) is 0 Å². The van der Waals surface area contributed by atoms with Gasteiger partial charge in [-0.3, -0.25) is 9.59 Å². The molecule has 2 aromatic rings. The van der Waals surface area contributed by atoms with Crippen molar-refractivity contribution in [2.75, 3.05) is 31.1 Å². The Morgan fingerprint density at radius 1 is 0.906 bits per heavy atom. The molecular weight excluding hydrogens is 426 g/mol. The molecule has 2 saturated heterocycles. The summed E-state index contributed by atoms with van der Waals surface area (Å²) in [6.45, 7) is 8.32. The molecule has 0 radical (unpaired) electrons. The molecule has 0 N–H and O–H groups in total. The SMILES string of the molecule is Cc1ccc(S(=O)(=O)N2C(=O)CC[C@@H]2C(=O)N2CCN(c3cc(C)ccc3C)CC2)cc1. The molecule has 0 aromatic heterocycles. The van der Waals surface area contributed by atoms with Crippen molar-refractivity contribution in [3.05, 3.63) is 59.2 Å². The summed E-state index contributed by atoms with van der Waals surface area (Å²) in [6.07, 6.45) is 0.282. The predicted molar refractivity (Wildman–Crippen MR) is 123 cm³/mol. The number of piperazine rings is 1. The van der Waals surface area contributed by atoms with Gasteiger partial charge in [-0.15, -0.1) is 0 Å². The lowest BCUT2D eigenvalue weighted by Crippen LogP contribution is -2.55. The van der Waals surface area contributed by atoms with E-state index in [1.54, 1.807) is 17.0 Å². The monoisotopic (exact) mass is 455 g/mol. The van der Waals surface area contributed by atoms with Crippen molar-refractivity contribution < 1.29 is 18.0 Å². The lowest BCUT2D eigenvalue weighted by molar-refractivity contribution is -0.138. The van der Waals surface area contributed by atoms with Gasteiger partial charge in [-0.05, 0) is 56.5 Å². The van der Waals surface area contributed by atoms with Crippen LogP contribution in [0.4, 0.5) is 5.69 Å². The van der Waals surface area contributed by atoms with Gasteiger partial charge in [-0.25, -0.2) is 12.7 Å². The highest BCUT2D eigenvalue weighted by Gasteiger charge is 2.45. The summed E-state index contributed by atoms with van der Waals surface area (Å²) in [6, 6.07) is 11.7. The maximum Gasteiger partial charge on any atom is 0.267 e. The van der Waals surface area contributed by atoms with E-state index in [2.05, 4.69) is 36.9 Å². The second-order valence-corrected chi connectivity index (χ2v) is 10.5. The average Bonchev–Trinajstić information content (AvgIpc) is 3.17. The first-order chi connectivity index (χ1) is 15.2. The summed E-state index contributed by atoms with van der Waals surface area (Å²) < 4.78 is 27.2. The fourth-order valence-electron chi connectivity index (χ4n) is 4.45. The number of hydrogen-bond donors (Lipinski definition) is 0. The summed E-state index contributed by atoms with van der Waals surface area (Å²) in [7, 11) is -4.08. The molecule has 2 heterocycles. The lowest BCUT2D eigenvalue weighted by Gasteiger charge is -2.38. The minimum Gasteiger partial charge on any atom is -0.368 e. The zero-order valence-corrected chi connectivity index (χ0v) is 19.6. The molecule has 2 aliphatic rings. The number of anilines is 1. The Hall–Kier alpha value is -2.87. The fraction of sp³-hybridized carbons (Fsp3) is 0.417. The molecule has 2 aromatic carbocycles. The smallest absolute Gasteiger partial charge is 0.267 e. The summed E-state index contributed by atoms with van der Waals surface area (Å²) in [5.74, 6) is -0.801. The predicted octanol–water partition coefficient (Wildman–Crippen LogP) is 2.64. The van der Waals surface area contributed by atoms with Gasteiger partial charge in [-0.1, -0.05) is 29.8 Å². The second-order valence-electron chi connectivity index (χ2n) is 8.66. The maximum absolute atomic E-state index is 13.3. The molecule has 0 unspecified atom stereocenters. The third kappa shape index (κ3) is 4.11. The van der Waals surface area contributed by atoms with Crippen LogP contribution >= 0.6 is 0 Å². The Labute approximate surface area is 189 Å². The van der Waals surface area contributed by atoms with E-state index in [0.29, 0.717) is 26.2 Å². The molecule has 2 amide bonds. The molecule has 0 bridgehead atoms. The summed E-state index contributed by atoms with van der Waals surface area (Å²) in [5.41, 5.74) is 4.46. The Bertz CT molecular complexity index is 1140. The number of carbonyl (C=O) groups excluding carboxylic acids is 2. The molecule has 0 spiro atoms. The second kappa shape index (κ2) is 8.58. The Morgan fingerprint density at radius 2 is 1.53 bits per heavy atom. The third-order valence-electron chi connectivity index (χ3n) is 6.32. The molecule has 4 rings (SSSR count). The van der Waals surface area contributed by atoms with Crippen LogP contribution in [0.25, 0.3) is 0 Å². The fourth-order valence-corrected chi connectivity index (χ4v) is 6.05. The van der Waals surface area contributed by atoms with Gasteiger partial charge >= 0.3 is 0 Å². The first-order valence-electron chi connectivity index (χ1n) is 10.9. The van der Waals surface area contributed by atoms with Gasteiger partial charge in [0.1, 0.15) is 6.04 Å². The van der Waals surface area contributed by atoms with E-state index in [-0.39, 0.29) is 23.6 Å². The highest BCUT2D eigenvalue weighted by atomic mass is 32.2. The number of amides is 2. The van der Waals surface area contributed by atoms with E-state index >= 15 is 0 Å². The lowest BCUT2D eigenvalue weighted by atomic mass is 10.1. The first kappa shape index (κ1) is 22.3.